The number of nitrogens with zero attached hydrogens (tertiary/aromatic N) is 3. The zero-order chi connectivity index (χ0) is 19.1. The molecule has 1 saturated carbocycles. The minimum absolute atomic E-state index is 0.0979. The summed E-state index contributed by atoms with van der Waals surface area (Å²) in [5.74, 6) is 1.59. The van der Waals surface area contributed by atoms with Crippen LogP contribution in [-0.2, 0) is 17.6 Å². The summed E-state index contributed by atoms with van der Waals surface area (Å²) in [6, 6.07) is 8.63. The number of H-pyrrole nitrogens is 1. The number of hydrogen-bond donors (Lipinski definition) is 1. The van der Waals surface area contributed by atoms with E-state index < -0.39 is 0 Å². The van der Waals surface area contributed by atoms with Gasteiger partial charge in [-0.15, -0.1) is 0 Å². The van der Waals surface area contributed by atoms with Crippen LogP contribution in [-0.4, -0.2) is 32.5 Å². The van der Waals surface area contributed by atoms with Gasteiger partial charge in [0.15, 0.2) is 5.82 Å². The van der Waals surface area contributed by atoms with Crippen molar-refractivity contribution in [3.05, 3.63) is 47.2 Å². The second kappa shape index (κ2) is 7.08. The number of carbonyl (C=O) groups excluding carboxylic acids is 1. The van der Waals surface area contributed by atoms with Crippen molar-refractivity contribution in [1.29, 1.82) is 0 Å². The fourth-order valence-electron chi connectivity index (χ4n) is 5.14. The van der Waals surface area contributed by atoms with Gasteiger partial charge in [-0.2, -0.15) is 4.98 Å². The number of nitrogens with one attached hydrogen (secondary N) is 1. The SMILES string of the molecule is Cc1nc(CC(=O)N2CCc3c([nH]c4ccccc34)C2C2CCCCC2)no1. The lowest BCUT2D eigenvalue weighted by Gasteiger charge is -2.41. The molecule has 6 heteroatoms. The van der Waals surface area contributed by atoms with E-state index in [1.54, 1.807) is 6.92 Å². The van der Waals surface area contributed by atoms with E-state index in [-0.39, 0.29) is 18.4 Å². The molecule has 1 amide bonds. The van der Waals surface area contributed by atoms with Gasteiger partial charge in [0.1, 0.15) is 0 Å². The van der Waals surface area contributed by atoms with Crippen LogP contribution in [0.4, 0.5) is 0 Å². The van der Waals surface area contributed by atoms with E-state index in [2.05, 4.69) is 44.3 Å². The summed E-state index contributed by atoms with van der Waals surface area (Å²) in [6.45, 7) is 2.51. The summed E-state index contributed by atoms with van der Waals surface area (Å²) < 4.78 is 5.05. The molecule has 28 heavy (non-hydrogen) atoms. The zero-order valence-corrected chi connectivity index (χ0v) is 16.3. The van der Waals surface area contributed by atoms with Crippen LogP contribution in [0.25, 0.3) is 10.9 Å². The molecule has 3 heterocycles. The van der Waals surface area contributed by atoms with E-state index in [9.17, 15) is 4.79 Å². The largest absolute Gasteiger partial charge is 0.356 e. The summed E-state index contributed by atoms with van der Waals surface area (Å²) >= 11 is 0. The lowest BCUT2D eigenvalue weighted by atomic mass is 9.79. The predicted octanol–water partition coefficient (Wildman–Crippen LogP) is 4.11. The molecule has 1 atom stereocenters. The maximum absolute atomic E-state index is 13.2. The molecule has 1 aliphatic carbocycles. The molecule has 1 unspecified atom stereocenters. The van der Waals surface area contributed by atoms with E-state index >= 15 is 0 Å². The van der Waals surface area contributed by atoms with Crippen LogP contribution in [0.5, 0.6) is 0 Å². The number of aromatic nitrogens is 3. The highest BCUT2D eigenvalue weighted by Gasteiger charge is 2.38. The molecule has 0 bridgehead atoms. The molecule has 1 N–H and O–H groups in total. The molecule has 2 aliphatic rings. The summed E-state index contributed by atoms with van der Waals surface area (Å²) in [5.41, 5.74) is 3.82. The highest BCUT2D eigenvalue weighted by Crippen LogP contribution is 2.43. The highest BCUT2D eigenvalue weighted by molar-refractivity contribution is 5.86. The van der Waals surface area contributed by atoms with Gasteiger partial charge in [-0.05, 0) is 36.8 Å². The van der Waals surface area contributed by atoms with Crippen molar-refractivity contribution < 1.29 is 9.32 Å². The quantitative estimate of drug-likeness (QED) is 0.744. The zero-order valence-electron chi connectivity index (χ0n) is 16.3. The van der Waals surface area contributed by atoms with Gasteiger partial charge in [0.25, 0.3) is 0 Å². The maximum Gasteiger partial charge on any atom is 0.230 e. The summed E-state index contributed by atoms with van der Waals surface area (Å²) in [4.78, 5) is 23.2. The number of benzene rings is 1. The van der Waals surface area contributed by atoms with Crippen molar-refractivity contribution in [3.63, 3.8) is 0 Å². The molecular formula is C22H26N4O2. The summed E-state index contributed by atoms with van der Waals surface area (Å²) in [5, 5.41) is 5.23. The van der Waals surface area contributed by atoms with Gasteiger partial charge in [-0.25, -0.2) is 0 Å². The number of aromatic amines is 1. The predicted molar refractivity (Wildman–Crippen MR) is 106 cm³/mol. The van der Waals surface area contributed by atoms with Crippen molar-refractivity contribution in [2.45, 2.75) is 57.9 Å². The molecule has 0 saturated heterocycles. The minimum Gasteiger partial charge on any atom is -0.356 e. The number of amides is 1. The molecule has 1 aliphatic heterocycles. The van der Waals surface area contributed by atoms with Crippen molar-refractivity contribution in [2.24, 2.45) is 5.92 Å². The number of aryl methyl sites for hydroxylation is 1. The fourth-order valence-corrected chi connectivity index (χ4v) is 5.14. The van der Waals surface area contributed by atoms with Crippen LogP contribution in [0, 0.1) is 12.8 Å². The normalized spacial score (nSPS) is 20.5. The van der Waals surface area contributed by atoms with Crippen molar-refractivity contribution in [1.82, 2.24) is 20.0 Å². The van der Waals surface area contributed by atoms with Gasteiger partial charge in [0.2, 0.25) is 11.8 Å². The molecule has 1 aromatic carbocycles. The number of rotatable bonds is 3. The van der Waals surface area contributed by atoms with Gasteiger partial charge in [-0.3, -0.25) is 4.79 Å². The molecule has 1 fully saturated rings. The third kappa shape index (κ3) is 3.01. The molecule has 0 spiro atoms. The van der Waals surface area contributed by atoms with E-state index in [1.165, 1.54) is 54.3 Å². The Morgan fingerprint density at radius 2 is 2.07 bits per heavy atom. The van der Waals surface area contributed by atoms with Crippen LogP contribution in [0.3, 0.4) is 0 Å². The Bertz CT molecular complexity index is 999. The third-order valence-corrected chi connectivity index (χ3v) is 6.38. The average molecular weight is 378 g/mol. The Hall–Kier alpha value is -2.63. The van der Waals surface area contributed by atoms with Crippen LogP contribution in [0.1, 0.15) is 61.1 Å². The molecule has 2 aromatic heterocycles. The summed E-state index contributed by atoms with van der Waals surface area (Å²) in [7, 11) is 0. The monoisotopic (exact) mass is 378 g/mol. The Morgan fingerprint density at radius 1 is 1.25 bits per heavy atom. The van der Waals surface area contributed by atoms with Crippen LogP contribution >= 0.6 is 0 Å². The number of carbonyl (C=O) groups is 1. The van der Waals surface area contributed by atoms with Gasteiger partial charge >= 0.3 is 0 Å². The van der Waals surface area contributed by atoms with E-state index in [1.807, 2.05) is 0 Å². The smallest absolute Gasteiger partial charge is 0.230 e. The van der Waals surface area contributed by atoms with E-state index in [0.717, 1.165) is 13.0 Å². The Labute approximate surface area is 164 Å². The van der Waals surface area contributed by atoms with Crippen molar-refractivity contribution in [2.75, 3.05) is 6.54 Å². The lowest BCUT2D eigenvalue weighted by molar-refractivity contribution is -0.135. The molecule has 5 rings (SSSR count). The molecular weight excluding hydrogens is 352 g/mol. The molecule has 6 nitrogen and oxygen atoms in total. The summed E-state index contributed by atoms with van der Waals surface area (Å²) in [6.07, 6.45) is 7.27. The van der Waals surface area contributed by atoms with Crippen molar-refractivity contribution in [3.8, 4) is 0 Å². The van der Waals surface area contributed by atoms with Crippen LogP contribution in [0.2, 0.25) is 0 Å². The van der Waals surface area contributed by atoms with Crippen molar-refractivity contribution >= 4 is 16.8 Å². The standard InChI is InChI=1S/C22H26N4O2/c1-14-23-19(25-28-14)13-20(27)26-12-11-17-16-9-5-6-10-18(16)24-21(17)22(26)15-7-3-2-4-8-15/h5-6,9-10,15,22,24H,2-4,7-8,11-13H2,1H3. The second-order valence-corrected chi connectivity index (χ2v) is 8.15. The van der Waals surface area contributed by atoms with Crippen LogP contribution in [0.15, 0.2) is 28.8 Å². The van der Waals surface area contributed by atoms with Gasteiger partial charge in [0.05, 0.1) is 12.5 Å². The second-order valence-electron chi connectivity index (χ2n) is 8.15. The van der Waals surface area contributed by atoms with Gasteiger partial charge in [-0.1, -0.05) is 42.6 Å². The fraction of sp³-hybridized carbons (Fsp3) is 0.500. The Balaban J connectivity index is 1.52. The highest BCUT2D eigenvalue weighted by atomic mass is 16.5. The third-order valence-electron chi connectivity index (χ3n) is 6.38. The first-order chi connectivity index (χ1) is 13.7. The molecule has 146 valence electrons. The van der Waals surface area contributed by atoms with E-state index in [0.29, 0.717) is 17.6 Å². The maximum atomic E-state index is 13.2. The average Bonchev–Trinajstić information content (AvgIpc) is 3.30. The first-order valence-electron chi connectivity index (χ1n) is 10.4. The number of hydrogen-bond acceptors (Lipinski definition) is 4. The van der Waals surface area contributed by atoms with Crippen LogP contribution < -0.4 is 0 Å². The topological polar surface area (TPSA) is 75.0 Å². The number of para-hydroxylation sites is 1. The lowest BCUT2D eigenvalue weighted by Crippen LogP contribution is -2.44. The number of fused-ring (bicyclic) bond motifs is 3. The Kier molecular flexibility index (Phi) is 4.41. The molecule has 3 aromatic rings. The van der Waals surface area contributed by atoms with Gasteiger partial charge < -0.3 is 14.4 Å². The van der Waals surface area contributed by atoms with Gasteiger partial charge in [0, 0.05) is 30.1 Å². The Morgan fingerprint density at radius 3 is 2.86 bits per heavy atom. The minimum atomic E-state index is 0.0979. The van der Waals surface area contributed by atoms with E-state index in [4.69, 9.17) is 4.52 Å². The molecule has 0 radical (unpaired) electrons. The first-order valence-corrected chi connectivity index (χ1v) is 10.4. The first kappa shape index (κ1) is 17.5.